The minimum Gasteiger partial charge on any atom is -0.455 e. The van der Waals surface area contributed by atoms with Crippen molar-refractivity contribution < 1.29 is 14.0 Å². The first-order valence-corrected chi connectivity index (χ1v) is 9.45. The standard InChI is InChI=1S/C19H27N3O3/c1-21(15-8-13-10-18(23)20-11-14(13)9-15)19(24)17-5-4-16(25-17)12-22-6-2-3-7-22/h4-5,13-15H,2-3,6-12H2,1H3,(H,20,23)/t13-,14+,15-/m0/s1. The molecular weight excluding hydrogens is 318 g/mol. The topological polar surface area (TPSA) is 65.8 Å². The van der Waals surface area contributed by atoms with Gasteiger partial charge in [0.2, 0.25) is 5.91 Å². The summed E-state index contributed by atoms with van der Waals surface area (Å²) in [5.74, 6) is 2.31. The molecule has 1 aliphatic carbocycles. The van der Waals surface area contributed by atoms with Crippen LogP contribution in [0.5, 0.6) is 0 Å². The highest BCUT2D eigenvalue weighted by Crippen LogP contribution is 2.38. The maximum atomic E-state index is 12.8. The van der Waals surface area contributed by atoms with Crippen LogP contribution in [0.4, 0.5) is 0 Å². The average Bonchev–Trinajstić information content (AvgIpc) is 3.33. The van der Waals surface area contributed by atoms with Crippen molar-refractivity contribution in [3.8, 4) is 0 Å². The normalized spacial score (nSPS) is 29.5. The van der Waals surface area contributed by atoms with E-state index in [4.69, 9.17) is 4.42 Å². The SMILES string of the molecule is CN(C(=O)c1ccc(CN2CCCC2)o1)[C@H]1C[C@H]2CC(=O)NC[C@H]2C1. The third-order valence-electron chi connectivity index (χ3n) is 6.14. The molecule has 25 heavy (non-hydrogen) atoms. The van der Waals surface area contributed by atoms with E-state index in [-0.39, 0.29) is 17.9 Å². The van der Waals surface area contributed by atoms with Crippen LogP contribution in [-0.2, 0) is 11.3 Å². The molecule has 3 aliphatic rings. The lowest BCUT2D eigenvalue weighted by Gasteiger charge is -2.24. The average molecular weight is 345 g/mol. The van der Waals surface area contributed by atoms with Crippen molar-refractivity contribution in [1.82, 2.24) is 15.1 Å². The van der Waals surface area contributed by atoms with E-state index in [0.717, 1.165) is 44.8 Å². The van der Waals surface area contributed by atoms with Crippen molar-refractivity contribution in [3.63, 3.8) is 0 Å². The Morgan fingerprint density at radius 3 is 2.84 bits per heavy atom. The minimum atomic E-state index is -0.0457. The second-order valence-corrected chi connectivity index (χ2v) is 7.82. The van der Waals surface area contributed by atoms with Gasteiger partial charge >= 0.3 is 0 Å². The highest BCUT2D eigenvalue weighted by Gasteiger charge is 2.41. The monoisotopic (exact) mass is 345 g/mol. The van der Waals surface area contributed by atoms with Gasteiger partial charge < -0.3 is 14.6 Å². The molecule has 0 spiro atoms. The van der Waals surface area contributed by atoms with Gasteiger partial charge in [0.05, 0.1) is 6.54 Å². The first kappa shape index (κ1) is 16.6. The molecule has 1 N–H and O–H groups in total. The Kier molecular flexibility index (Phi) is 4.54. The quantitative estimate of drug-likeness (QED) is 0.905. The second-order valence-electron chi connectivity index (χ2n) is 7.82. The molecule has 3 heterocycles. The van der Waals surface area contributed by atoms with Crippen molar-refractivity contribution in [2.24, 2.45) is 11.8 Å². The molecule has 2 amide bonds. The number of carbonyl (C=O) groups excluding carboxylic acids is 2. The predicted octanol–water partition coefficient (Wildman–Crippen LogP) is 1.86. The Labute approximate surface area is 148 Å². The number of carbonyl (C=O) groups is 2. The molecule has 1 aromatic rings. The Morgan fingerprint density at radius 2 is 2.04 bits per heavy atom. The van der Waals surface area contributed by atoms with Crippen molar-refractivity contribution in [2.75, 3.05) is 26.7 Å². The molecule has 6 nitrogen and oxygen atoms in total. The van der Waals surface area contributed by atoms with Gasteiger partial charge in [-0.2, -0.15) is 0 Å². The Balaban J connectivity index is 1.37. The Morgan fingerprint density at radius 1 is 1.28 bits per heavy atom. The summed E-state index contributed by atoms with van der Waals surface area (Å²) in [4.78, 5) is 28.5. The molecule has 1 saturated carbocycles. The van der Waals surface area contributed by atoms with Gasteiger partial charge in [-0.1, -0.05) is 0 Å². The number of rotatable bonds is 4. The van der Waals surface area contributed by atoms with Crippen LogP contribution in [0.25, 0.3) is 0 Å². The summed E-state index contributed by atoms with van der Waals surface area (Å²) in [5, 5.41) is 2.95. The molecule has 2 aliphatic heterocycles. The van der Waals surface area contributed by atoms with Crippen LogP contribution in [0.3, 0.4) is 0 Å². The first-order chi connectivity index (χ1) is 12.1. The van der Waals surface area contributed by atoms with Crippen LogP contribution < -0.4 is 5.32 Å². The third-order valence-corrected chi connectivity index (χ3v) is 6.14. The van der Waals surface area contributed by atoms with Crippen LogP contribution in [0, 0.1) is 11.8 Å². The fourth-order valence-electron chi connectivity index (χ4n) is 4.63. The van der Waals surface area contributed by atoms with Gasteiger partial charge in [0.25, 0.3) is 5.91 Å². The van der Waals surface area contributed by atoms with Crippen LogP contribution >= 0.6 is 0 Å². The number of fused-ring (bicyclic) bond motifs is 1. The first-order valence-electron chi connectivity index (χ1n) is 9.45. The molecule has 4 rings (SSSR count). The predicted molar refractivity (Wildman–Crippen MR) is 92.9 cm³/mol. The number of nitrogens with zero attached hydrogens (tertiary/aromatic N) is 2. The molecule has 2 saturated heterocycles. The molecule has 0 aromatic carbocycles. The summed E-state index contributed by atoms with van der Waals surface area (Å²) in [6.07, 6.45) is 4.98. The number of piperidine rings is 1. The maximum Gasteiger partial charge on any atom is 0.289 e. The molecule has 0 radical (unpaired) electrons. The van der Waals surface area contributed by atoms with Gasteiger partial charge in [-0.05, 0) is 62.7 Å². The third kappa shape index (κ3) is 3.45. The van der Waals surface area contributed by atoms with Gasteiger partial charge in [0, 0.05) is 26.1 Å². The molecular formula is C19H27N3O3. The van der Waals surface area contributed by atoms with Crippen molar-refractivity contribution in [2.45, 2.75) is 44.7 Å². The number of hydrogen-bond acceptors (Lipinski definition) is 4. The van der Waals surface area contributed by atoms with Crippen molar-refractivity contribution in [1.29, 1.82) is 0 Å². The fraction of sp³-hybridized carbons (Fsp3) is 0.684. The van der Waals surface area contributed by atoms with E-state index in [1.165, 1.54) is 12.8 Å². The highest BCUT2D eigenvalue weighted by molar-refractivity contribution is 5.91. The van der Waals surface area contributed by atoms with Crippen molar-refractivity contribution >= 4 is 11.8 Å². The summed E-state index contributed by atoms with van der Waals surface area (Å²) >= 11 is 0. The molecule has 3 fully saturated rings. The summed E-state index contributed by atoms with van der Waals surface area (Å²) < 4.78 is 5.82. The lowest BCUT2D eigenvalue weighted by molar-refractivity contribution is -0.124. The van der Waals surface area contributed by atoms with Crippen molar-refractivity contribution in [3.05, 3.63) is 23.7 Å². The highest BCUT2D eigenvalue weighted by atomic mass is 16.4. The van der Waals surface area contributed by atoms with E-state index < -0.39 is 0 Å². The minimum absolute atomic E-state index is 0.0457. The van der Waals surface area contributed by atoms with E-state index >= 15 is 0 Å². The number of nitrogens with one attached hydrogen (secondary N) is 1. The number of likely N-dealkylation sites (tertiary alicyclic amines) is 1. The van der Waals surface area contributed by atoms with Gasteiger partial charge in [0.1, 0.15) is 5.76 Å². The van der Waals surface area contributed by atoms with Crippen LogP contribution in [0.15, 0.2) is 16.5 Å². The molecule has 0 bridgehead atoms. The maximum absolute atomic E-state index is 12.8. The summed E-state index contributed by atoms with van der Waals surface area (Å²) in [7, 11) is 1.86. The van der Waals surface area contributed by atoms with E-state index in [9.17, 15) is 9.59 Å². The fourth-order valence-corrected chi connectivity index (χ4v) is 4.63. The van der Waals surface area contributed by atoms with E-state index in [1.54, 1.807) is 6.07 Å². The molecule has 6 heteroatoms. The lowest BCUT2D eigenvalue weighted by Crippen LogP contribution is -2.38. The molecule has 1 aromatic heterocycles. The largest absolute Gasteiger partial charge is 0.455 e. The van der Waals surface area contributed by atoms with Crippen LogP contribution in [0.1, 0.15) is 48.4 Å². The number of furan rings is 1. The Bertz CT molecular complexity index is 650. The zero-order valence-corrected chi connectivity index (χ0v) is 14.9. The van der Waals surface area contributed by atoms with Gasteiger partial charge in [0.15, 0.2) is 5.76 Å². The summed E-state index contributed by atoms with van der Waals surface area (Å²) in [6.45, 7) is 3.77. The summed E-state index contributed by atoms with van der Waals surface area (Å²) in [5.41, 5.74) is 0. The second kappa shape index (κ2) is 6.83. The van der Waals surface area contributed by atoms with Crippen LogP contribution in [-0.4, -0.2) is 54.3 Å². The molecule has 0 unspecified atom stereocenters. The zero-order chi connectivity index (χ0) is 17.4. The molecule has 136 valence electrons. The number of hydrogen-bond donors (Lipinski definition) is 1. The number of amides is 2. The van der Waals surface area contributed by atoms with E-state index in [1.807, 2.05) is 18.0 Å². The lowest BCUT2D eigenvalue weighted by atomic mass is 9.89. The van der Waals surface area contributed by atoms with E-state index in [0.29, 0.717) is 24.0 Å². The molecule has 3 atom stereocenters. The van der Waals surface area contributed by atoms with E-state index in [2.05, 4.69) is 10.2 Å². The van der Waals surface area contributed by atoms with Gasteiger partial charge in [-0.3, -0.25) is 14.5 Å². The summed E-state index contributed by atoms with van der Waals surface area (Å²) in [6, 6.07) is 3.93. The zero-order valence-electron chi connectivity index (χ0n) is 14.9. The smallest absolute Gasteiger partial charge is 0.289 e. The van der Waals surface area contributed by atoms with Gasteiger partial charge in [-0.15, -0.1) is 0 Å². The van der Waals surface area contributed by atoms with Gasteiger partial charge in [-0.25, -0.2) is 0 Å². The Hall–Kier alpha value is -1.82. The van der Waals surface area contributed by atoms with Crippen LogP contribution in [0.2, 0.25) is 0 Å².